The van der Waals surface area contributed by atoms with Gasteiger partial charge < -0.3 is 20.3 Å². The summed E-state index contributed by atoms with van der Waals surface area (Å²) in [7, 11) is -19.6. The molecule has 0 aliphatic carbocycles. The Hall–Kier alpha value is -8.16. The summed E-state index contributed by atoms with van der Waals surface area (Å²) in [4.78, 5) is 20.6. The number of anilines is 1. The number of hydrogen-bond donors (Lipinski definition) is 6. The van der Waals surface area contributed by atoms with Crippen molar-refractivity contribution in [1.82, 2.24) is 14.4 Å². The SMILES string of the molecule is CC(=O)Nc1ccc2nc3c(C#N)c(C)c(N=Nc4cc(C)c(N=Nc5cc(CO)c(N=Nc6nc7c(S(=O)(=O)O)cc8ccccc8c7s6)cc5SCCCS(=O)(=O)O)cc4OCCCS(=O)(=O)O)c(O)n3c2c1.O=S(=O)=O.O=S(=O)=O. The average Bonchev–Trinajstić information content (AvgIpc) is 3.48. The maximum atomic E-state index is 12.4. The van der Waals surface area contributed by atoms with Gasteiger partial charge in [0, 0.05) is 40.1 Å². The number of thiazole rings is 1. The van der Waals surface area contributed by atoms with E-state index < -0.39 is 80.5 Å². The number of azo groups is 3. The third-order valence-electron chi connectivity index (χ3n) is 11.1. The molecule has 83 heavy (non-hydrogen) atoms. The molecule has 0 unspecified atom stereocenters. The van der Waals surface area contributed by atoms with Gasteiger partial charge in [0.2, 0.25) is 16.9 Å². The third-order valence-corrected chi connectivity index (χ3v) is 15.6. The highest BCUT2D eigenvalue weighted by molar-refractivity contribution is 7.99. The van der Waals surface area contributed by atoms with E-state index in [4.69, 9.17) is 30.0 Å². The number of carbonyl (C=O) groups is 1. The molecule has 0 atom stereocenters. The van der Waals surface area contributed by atoms with E-state index in [1.54, 1.807) is 56.3 Å². The smallest absolute Gasteiger partial charge is 0.425 e. The third kappa shape index (κ3) is 17.2. The molecule has 0 aliphatic heterocycles. The number of aliphatic hydroxyl groups is 1. The van der Waals surface area contributed by atoms with Crippen molar-refractivity contribution in [1.29, 1.82) is 5.26 Å². The molecule has 0 saturated carbocycles. The number of rotatable bonds is 19. The van der Waals surface area contributed by atoms with Crippen molar-refractivity contribution in [3.05, 3.63) is 95.1 Å². The van der Waals surface area contributed by atoms with E-state index in [2.05, 4.69) is 52.0 Å². The van der Waals surface area contributed by atoms with Crippen LogP contribution in [-0.2, 0) is 63.0 Å². The zero-order valence-corrected chi connectivity index (χ0v) is 48.4. The number of imidazole rings is 1. The van der Waals surface area contributed by atoms with E-state index >= 15 is 0 Å². The maximum Gasteiger partial charge on any atom is 0.425 e. The number of nitrogens with one attached hydrogen (secondary N) is 1. The highest BCUT2D eigenvalue weighted by Crippen LogP contribution is 2.44. The van der Waals surface area contributed by atoms with E-state index in [1.807, 2.05) is 0 Å². The van der Waals surface area contributed by atoms with E-state index in [0.29, 0.717) is 42.7 Å². The fraction of sp³-hybridized carbons (Fsp3) is 0.217. The highest BCUT2D eigenvalue weighted by atomic mass is 32.2. The molecule has 0 aliphatic rings. The van der Waals surface area contributed by atoms with Crippen molar-refractivity contribution in [3.63, 3.8) is 0 Å². The standard InChI is InChI=1S/C46H41N11O13S5.2O3S/c1-24-16-35(53-55-41-25(2)31(22-47)44-49-32-11-10-29(48-26(3)59)19-37(32)57(44)45(41)60)38(70-12-6-14-73(61,62)63)20-33(24)51-54-36-17-28(23-58)34(21-39(36)71-13-7-15-74(64,65)66)52-56-46-50-42-40(75(67,68)69)18-27-8-4-5-9-30(27)43(42)72-46;2*1-4(2)3/h4-5,8-11,16-21,58,60H,6-7,12-15,23H2,1-3H3,(H,48,59)(H,61,62,63)(H,64,65,66)(H,67,68,69);;. The van der Waals surface area contributed by atoms with E-state index in [1.165, 1.54) is 41.7 Å². The predicted molar refractivity (Wildman–Crippen MR) is 299 cm³/mol. The highest BCUT2D eigenvalue weighted by Gasteiger charge is 2.24. The van der Waals surface area contributed by atoms with Crippen LogP contribution in [0.1, 0.15) is 42.0 Å². The lowest BCUT2D eigenvalue weighted by molar-refractivity contribution is -0.114. The molecule has 5 aromatic carbocycles. The summed E-state index contributed by atoms with van der Waals surface area (Å²) in [6.45, 7) is 3.70. The van der Waals surface area contributed by atoms with Crippen molar-refractivity contribution in [2.75, 3.05) is 29.2 Å². The van der Waals surface area contributed by atoms with Gasteiger partial charge in [0.15, 0.2) is 11.3 Å². The van der Waals surface area contributed by atoms with Gasteiger partial charge in [0.05, 0.1) is 57.5 Å². The molecule has 6 N–H and O–H groups in total. The summed E-state index contributed by atoms with van der Waals surface area (Å²) < 4.78 is 158. The number of aromatic nitrogens is 3. The predicted octanol–water partition coefficient (Wildman–Crippen LogP) is 8.41. The minimum absolute atomic E-state index is 0.00133. The number of fused-ring (bicyclic) bond motifs is 6. The van der Waals surface area contributed by atoms with Crippen LogP contribution in [-0.4, -0.2) is 119 Å². The molecule has 0 fully saturated rings. The monoisotopic (exact) mass is 1280 g/mol. The van der Waals surface area contributed by atoms with Crippen LogP contribution in [0.25, 0.3) is 37.7 Å². The summed E-state index contributed by atoms with van der Waals surface area (Å²) in [6, 6.07) is 21.0. The largest absolute Gasteiger partial charge is 0.493 e. The zero-order chi connectivity index (χ0) is 61.1. The van der Waals surface area contributed by atoms with E-state index in [0.717, 1.165) is 23.1 Å². The van der Waals surface area contributed by atoms with Crippen molar-refractivity contribution in [2.45, 2.75) is 50.0 Å². The Balaban J connectivity index is 0.00000130. The number of amides is 1. The van der Waals surface area contributed by atoms with Gasteiger partial charge in [0.25, 0.3) is 30.4 Å². The van der Waals surface area contributed by atoms with Crippen LogP contribution in [0.15, 0.2) is 113 Å². The summed E-state index contributed by atoms with van der Waals surface area (Å²) >= 11 is 2.14. The van der Waals surface area contributed by atoms with E-state index in [-0.39, 0.29) is 98.3 Å². The minimum Gasteiger partial charge on any atom is -0.493 e. The first-order valence-corrected chi connectivity index (χ1v) is 31.5. The lowest BCUT2D eigenvalue weighted by atomic mass is 10.1. The molecular formula is C46H41N11O19S7. The number of aliphatic hydroxyl groups excluding tert-OH is 1. The molecule has 30 nitrogen and oxygen atoms in total. The normalized spacial score (nSPS) is 12.0. The fourth-order valence-electron chi connectivity index (χ4n) is 7.62. The summed E-state index contributed by atoms with van der Waals surface area (Å²) in [5, 5.41) is 62.6. The summed E-state index contributed by atoms with van der Waals surface area (Å²) in [6.07, 6.45) is -0.132. The van der Waals surface area contributed by atoms with Gasteiger partial charge in [-0.2, -0.15) is 35.6 Å². The number of aryl methyl sites for hydroxylation is 1. The van der Waals surface area contributed by atoms with Crippen LogP contribution >= 0.6 is 23.1 Å². The molecule has 3 aromatic heterocycles. The number of hydrogen-bond acceptors (Lipinski definition) is 27. The Morgan fingerprint density at radius 2 is 1.43 bits per heavy atom. The number of pyridine rings is 1. The molecule has 37 heteroatoms. The Kier molecular flexibility index (Phi) is 21.0. The van der Waals surface area contributed by atoms with Crippen LogP contribution in [0.3, 0.4) is 0 Å². The van der Waals surface area contributed by atoms with Crippen molar-refractivity contribution in [2.24, 2.45) is 30.7 Å². The first-order valence-electron chi connectivity index (χ1n) is 23.0. The number of benzene rings is 5. The van der Waals surface area contributed by atoms with Crippen molar-refractivity contribution >= 4 is 158 Å². The fourth-order valence-corrected chi connectivity index (χ4v) is 11.4. The van der Waals surface area contributed by atoms with Gasteiger partial charge in [-0.05, 0) is 85.9 Å². The number of carbonyl (C=O) groups excluding carboxylic acids is 1. The average molecular weight is 1280 g/mol. The molecule has 8 aromatic rings. The van der Waals surface area contributed by atoms with Crippen LogP contribution in [0.5, 0.6) is 11.6 Å². The topological polar surface area (TPSA) is 472 Å². The van der Waals surface area contributed by atoms with Gasteiger partial charge in [-0.3, -0.25) is 22.9 Å². The number of nitriles is 1. The van der Waals surface area contributed by atoms with Crippen LogP contribution < -0.4 is 10.1 Å². The lowest BCUT2D eigenvalue weighted by Gasteiger charge is -2.12. The van der Waals surface area contributed by atoms with Gasteiger partial charge in [0.1, 0.15) is 33.5 Å². The zero-order valence-electron chi connectivity index (χ0n) is 42.7. The number of aromatic hydroxyl groups is 1. The first kappa shape index (κ1) is 64.0. The minimum atomic E-state index is -4.70. The van der Waals surface area contributed by atoms with Crippen molar-refractivity contribution < 1.29 is 83.9 Å². The Morgan fingerprint density at radius 1 is 0.795 bits per heavy atom. The Morgan fingerprint density at radius 3 is 2.07 bits per heavy atom. The number of nitrogens with zero attached hydrogens (tertiary/aromatic N) is 10. The van der Waals surface area contributed by atoms with Crippen LogP contribution in [0.2, 0.25) is 0 Å². The Labute approximate surface area is 480 Å². The molecular weight excluding hydrogens is 1240 g/mol. The molecule has 436 valence electrons. The second-order valence-corrected chi connectivity index (χ2v) is 24.3. The molecule has 0 radical (unpaired) electrons. The molecule has 0 spiro atoms. The second kappa shape index (κ2) is 27.3. The van der Waals surface area contributed by atoms with Crippen LogP contribution in [0, 0.1) is 25.2 Å². The van der Waals surface area contributed by atoms with Crippen molar-refractivity contribution in [3.8, 4) is 17.7 Å². The molecule has 8 rings (SSSR count). The quantitative estimate of drug-likeness (QED) is 0.0191. The van der Waals surface area contributed by atoms with Gasteiger partial charge in [-0.1, -0.05) is 35.6 Å². The maximum absolute atomic E-state index is 12.4. The van der Waals surface area contributed by atoms with Crippen LogP contribution in [0.4, 0.5) is 39.3 Å². The number of thioether (sulfide) groups is 1. The molecule has 1 amide bonds. The van der Waals surface area contributed by atoms with E-state index in [9.17, 15) is 59.2 Å². The molecule has 0 saturated heterocycles. The van der Waals surface area contributed by atoms with Gasteiger partial charge in [-0.25, -0.2) is 9.97 Å². The molecule has 0 bridgehead atoms. The first-order chi connectivity index (χ1) is 39.0. The number of ether oxygens (including phenoxy) is 1. The summed E-state index contributed by atoms with van der Waals surface area (Å²) in [5.74, 6) is -1.80. The van der Waals surface area contributed by atoms with Gasteiger partial charge in [-0.15, -0.1) is 62.6 Å². The second-order valence-electron chi connectivity index (χ2n) is 16.9. The lowest BCUT2D eigenvalue weighted by Crippen LogP contribution is -2.08. The Bertz CT molecular complexity index is 4590. The van der Waals surface area contributed by atoms with Gasteiger partial charge >= 0.3 is 21.2 Å². The summed E-state index contributed by atoms with van der Waals surface area (Å²) in [5.41, 5.74) is 2.60. The molecule has 3 heterocycles.